The molecule has 4 rings (SSSR count). The summed E-state index contributed by atoms with van der Waals surface area (Å²) in [5.41, 5.74) is 2.79. The summed E-state index contributed by atoms with van der Waals surface area (Å²) in [5, 5.41) is 14.9. The molecule has 0 unspecified atom stereocenters. The first-order valence-electron chi connectivity index (χ1n) is 7.86. The van der Waals surface area contributed by atoms with E-state index in [9.17, 15) is 0 Å². The van der Waals surface area contributed by atoms with Gasteiger partial charge < -0.3 is 4.74 Å². The number of benzene rings is 2. The van der Waals surface area contributed by atoms with Crippen molar-refractivity contribution in [1.82, 2.24) is 25.6 Å². The van der Waals surface area contributed by atoms with Crippen LogP contribution in [0, 0.1) is 0 Å². The van der Waals surface area contributed by atoms with Gasteiger partial charge in [0, 0.05) is 10.9 Å². The van der Waals surface area contributed by atoms with Gasteiger partial charge in [0.1, 0.15) is 12.4 Å². The molecule has 0 amide bonds. The number of aromatic nitrogens is 5. The Balaban J connectivity index is 0.00000196. The number of rotatable bonds is 5. The van der Waals surface area contributed by atoms with Crippen molar-refractivity contribution in [2.75, 3.05) is 0 Å². The second kappa shape index (κ2) is 8.22. The summed E-state index contributed by atoms with van der Waals surface area (Å²) in [6, 6.07) is 19.9. The quantitative estimate of drug-likeness (QED) is 0.580. The number of hydrogen-bond acceptors (Lipinski definition) is 5. The molecule has 2 aromatic heterocycles. The van der Waals surface area contributed by atoms with Crippen molar-refractivity contribution in [3.63, 3.8) is 0 Å². The Morgan fingerprint density at radius 2 is 1.77 bits per heavy atom. The summed E-state index contributed by atoms with van der Waals surface area (Å²) in [5.74, 6) is 1.29. The predicted molar refractivity (Wildman–Crippen MR) is 103 cm³/mol. The SMILES string of the molecule is C(=Cc1ccccc1OCc1ccc2ccccc2n1)c1nn[nH]n1.Cl. The number of halogens is 1. The minimum Gasteiger partial charge on any atom is -0.487 e. The molecule has 0 fully saturated rings. The lowest BCUT2D eigenvalue weighted by molar-refractivity contribution is 0.301. The zero-order valence-corrected chi connectivity index (χ0v) is 14.6. The van der Waals surface area contributed by atoms with Crippen molar-refractivity contribution in [3.05, 3.63) is 77.7 Å². The number of hydrogen-bond donors (Lipinski definition) is 1. The number of fused-ring (bicyclic) bond motifs is 1. The molecule has 26 heavy (non-hydrogen) atoms. The van der Waals surface area contributed by atoms with E-state index in [1.807, 2.05) is 60.7 Å². The number of H-pyrrole nitrogens is 1. The Kier molecular flexibility index (Phi) is 5.56. The molecule has 0 spiro atoms. The van der Waals surface area contributed by atoms with E-state index in [4.69, 9.17) is 4.74 Å². The van der Waals surface area contributed by atoms with E-state index >= 15 is 0 Å². The predicted octanol–water partition coefficient (Wildman–Crippen LogP) is 3.92. The van der Waals surface area contributed by atoms with Crippen LogP contribution in [-0.2, 0) is 6.61 Å². The monoisotopic (exact) mass is 365 g/mol. The molecule has 2 aromatic carbocycles. The fourth-order valence-corrected chi connectivity index (χ4v) is 2.49. The standard InChI is InChI=1S/C19H15N5O.ClH/c1-3-7-17-14(5-1)9-11-16(20-17)13-25-18-8-4-2-6-15(18)10-12-19-21-23-24-22-19;/h1-12H,13H2,(H,21,22,23,24);1H. The average molecular weight is 366 g/mol. The Bertz CT molecular complexity index is 1020. The molecule has 0 radical (unpaired) electrons. The van der Waals surface area contributed by atoms with E-state index < -0.39 is 0 Å². The van der Waals surface area contributed by atoms with Gasteiger partial charge in [0.25, 0.3) is 0 Å². The number of aromatic amines is 1. The van der Waals surface area contributed by atoms with Gasteiger partial charge in [-0.05, 0) is 35.6 Å². The maximum atomic E-state index is 5.96. The molecule has 1 N–H and O–H groups in total. The molecule has 2 heterocycles. The minimum absolute atomic E-state index is 0. The lowest BCUT2D eigenvalue weighted by Crippen LogP contribution is -1.99. The molecule has 0 bridgehead atoms. The van der Waals surface area contributed by atoms with Crippen molar-refractivity contribution in [3.8, 4) is 5.75 Å². The average Bonchev–Trinajstić information content (AvgIpc) is 3.19. The van der Waals surface area contributed by atoms with Crippen LogP contribution in [0.2, 0.25) is 0 Å². The summed E-state index contributed by atoms with van der Waals surface area (Å²) >= 11 is 0. The summed E-state index contributed by atoms with van der Waals surface area (Å²) < 4.78 is 5.96. The Morgan fingerprint density at radius 3 is 2.65 bits per heavy atom. The molecule has 130 valence electrons. The van der Waals surface area contributed by atoms with E-state index in [1.54, 1.807) is 6.08 Å². The van der Waals surface area contributed by atoms with Gasteiger partial charge >= 0.3 is 0 Å². The fourth-order valence-electron chi connectivity index (χ4n) is 2.49. The zero-order chi connectivity index (χ0) is 16.9. The van der Waals surface area contributed by atoms with Crippen LogP contribution >= 0.6 is 12.4 Å². The van der Waals surface area contributed by atoms with E-state index in [2.05, 4.69) is 31.7 Å². The van der Waals surface area contributed by atoms with Crippen LogP contribution < -0.4 is 4.74 Å². The van der Waals surface area contributed by atoms with Crippen LogP contribution in [-0.4, -0.2) is 25.6 Å². The summed E-state index contributed by atoms with van der Waals surface area (Å²) in [6.45, 7) is 0.401. The number of para-hydroxylation sites is 2. The second-order valence-electron chi connectivity index (χ2n) is 5.43. The molecular weight excluding hydrogens is 350 g/mol. The highest BCUT2D eigenvalue weighted by Gasteiger charge is 2.03. The van der Waals surface area contributed by atoms with Crippen LogP contribution in [0.15, 0.2) is 60.7 Å². The summed E-state index contributed by atoms with van der Waals surface area (Å²) in [6.07, 6.45) is 3.67. The van der Waals surface area contributed by atoms with Crippen molar-refractivity contribution in [1.29, 1.82) is 0 Å². The van der Waals surface area contributed by atoms with Crippen molar-refractivity contribution < 1.29 is 4.74 Å². The summed E-state index contributed by atoms with van der Waals surface area (Å²) in [7, 11) is 0. The van der Waals surface area contributed by atoms with Gasteiger partial charge in [0.2, 0.25) is 0 Å². The van der Waals surface area contributed by atoms with E-state index in [1.165, 1.54) is 0 Å². The Hall–Kier alpha value is -3.25. The summed E-state index contributed by atoms with van der Waals surface area (Å²) in [4.78, 5) is 4.63. The third-order valence-corrected chi connectivity index (χ3v) is 3.72. The van der Waals surface area contributed by atoms with Crippen LogP contribution in [0.3, 0.4) is 0 Å². The van der Waals surface area contributed by atoms with Crippen molar-refractivity contribution in [2.45, 2.75) is 6.61 Å². The lowest BCUT2D eigenvalue weighted by atomic mass is 10.2. The number of ether oxygens (including phenoxy) is 1. The topological polar surface area (TPSA) is 76.6 Å². The first-order valence-corrected chi connectivity index (χ1v) is 7.86. The van der Waals surface area contributed by atoms with Gasteiger partial charge in [-0.25, -0.2) is 4.98 Å². The maximum Gasteiger partial charge on any atom is 0.197 e. The Morgan fingerprint density at radius 1 is 0.923 bits per heavy atom. The van der Waals surface area contributed by atoms with E-state index in [0.29, 0.717) is 12.4 Å². The third-order valence-electron chi connectivity index (χ3n) is 3.72. The third kappa shape index (κ3) is 4.04. The van der Waals surface area contributed by atoms with Gasteiger partial charge in [-0.1, -0.05) is 42.5 Å². The lowest BCUT2D eigenvalue weighted by Gasteiger charge is -2.09. The van der Waals surface area contributed by atoms with Gasteiger partial charge in [-0.15, -0.1) is 22.6 Å². The van der Waals surface area contributed by atoms with Crippen LogP contribution in [0.4, 0.5) is 0 Å². The van der Waals surface area contributed by atoms with Crippen LogP contribution in [0.1, 0.15) is 17.1 Å². The molecular formula is C19H16ClN5O. The molecule has 0 aliphatic rings. The zero-order valence-electron chi connectivity index (χ0n) is 13.7. The molecule has 0 atom stereocenters. The van der Waals surface area contributed by atoms with Gasteiger partial charge in [0.05, 0.1) is 11.2 Å². The molecule has 0 saturated heterocycles. The first-order chi connectivity index (χ1) is 12.4. The number of pyridine rings is 1. The normalized spacial score (nSPS) is 10.8. The first kappa shape index (κ1) is 17.6. The fraction of sp³-hybridized carbons (Fsp3) is 0.0526. The molecule has 4 aromatic rings. The number of nitrogens with zero attached hydrogens (tertiary/aromatic N) is 4. The second-order valence-corrected chi connectivity index (χ2v) is 5.43. The smallest absolute Gasteiger partial charge is 0.197 e. The van der Waals surface area contributed by atoms with Crippen LogP contribution in [0.25, 0.3) is 23.1 Å². The highest BCUT2D eigenvalue weighted by Crippen LogP contribution is 2.21. The highest BCUT2D eigenvalue weighted by molar-refractivity contribution is 5.85. The van der Waals surface area contributed by atoms with E-state index in [-0.39, 0.29) is 12.4 Å². The van der Waals surface area contributed by atoms with E-state index in [0.717, 1.165) is 27.9 Å². The van der Waals surface area contributed by atoms with Gasteiger partial charge in [0.15, 0.2) is 5.82 Å². The van der Waals surface area contributed by atoms with Gasteiger partial charge in [-0.2, -0.15) is 5.21 Å². The van der Waals surface area contributed by atoms with Crippen molar-refractivity contribution in [2.24, 2.45) is 0 Å². The van der Waals surface area contributed by atoms with Gasteiger partial charge in [-0.3, -0.25) is 0 Å². The minimum atomic E-state index is 0. The molecule has 0 aliphatic carbocycles. The maximum absolute atomic E-state index is 5.96. The molecule has 0 saturated carbocycles. The van der Waals surface area contributed by atoms with Crippen LogP contribution in [0.5, 0.6) is 5.75 Å². The number of tetrazole rings is 1. The molecule has 0 aliphatic heterocycles. The highest BCUT2D eigenvalue weighted by atomic mass is 35.5. The van der Waals surface area contributed by atoms with Crippen molar-refractivity contribution >= 4 is 35.5 Å². The molecule has 6 nitrogen and oxygen atoms in total. The molecule has 7 heteroatoms. The number of nitrogens with one attached hydrogen (secondary N) is 1. The largest absolute Gasteiger partial charge is 0.487 e. The Labute approximate surface area is 156 Å².